The van der Waals surface area contributed by atoms with Crippen LogP contribution in [-0.4, -0.2) is 42.1 Å². The molecule has 2 aromatic rings. The number of ether oxygens (including phenoxy) is 2. The number of benzene rings is 1. The van der Waals surface area contributed by atoms with Crippen molar-refractivity contribution >= 4 is 5.91 Å². The van der Waals surface area contributed by atoms with Gasteiger partial charge in [0.2, 0.25) is 5.89 Å². The first-order valence-corrected chi connectivity index (χ1v) is 8.81. The minimum absolute atomic E-state index is 0.0242. The monoisotopic (exact) mass is 362 g/mol. The van der Waals surface area contributed by atoms with Crippen LogP contribution in [0, 0.1) is 5.82 Å². The zero-order valence-electron chi connectivity index (χ0n) is 14.8. The summed E-state index contributed by atoms with van der Waals surface area (Å²) in [6.45, 7) is 1.43. The van der Waals surface area contributed by atoms with Gasteiger partial charge in [-0.2, -0.15) is 0 Å². The molecule has 1 saturated heterocycles. The molecule has 1 amide bonds. The fraction of sp³-hybridized carbons (Fsp3) is 0.474. The summed E-state index contributed by atoms with van der Waals surface area (Å²) in [5, 5.41) is 0. The topological polar surface area (TPSA) is 64.8 Å². The standard InChI is InChI=1S/C19H23FN2O4/c1-22(9-8-15-6-2-3-10-24-15)19(23)17-12-26-18(21-17)13-25-16-7-4-5-14(20)11-16/h4-5,7,11-12,15H,2-3,6,8-10,13H2,1H3/t15-/m1/s1. The Balaban J connectivity index is 1.48. The van der Waals surface area contributed by atoms with Crippen molar-refractivity contribution in [3.8, 4) is 5.75 Å². The Labute approximate surface area is 151 Å². The molecule has 0 spiro atoms. The minimum Gasteiger partial charge on any atom is -0.484 e. The molecule has 1 aliphatic heterocycles. The zero-order valence-corrected chi connectivity index (χ0v) is 14.8. The number of hydrogen-bond acceptors (Lipinski definition) is 5. The number of hydrogen-bond donors (Lipinski definition) is 0. The summed E-state index contributed by atoms with van der Waals surface area (Å²) in [6, 6.07) is 5.80. The number of carbonyl (C=O) groups is 1. The van der Waals surface area contributed by atoms with Crippen LogP contribution in [0.4, 0.5) is 4.39 Å². The predicted octanol–water partition coefficient (Wildman–Crippen LogP) is 3.42. The SMILES string of the molecule is CN(CC[C@H]1CCCCO1)C(=O)c1coc(COc2cccc(F)c2)n1. The molecule has 1 aromatic heterocycles. The number of rotatable bonds is 7. The van der Waals surface area contributed by atoms with Gasteiger partial charge in [-0.3, -0.25) is 4.79 Å². The quantitative estimate of drug-likeness (QED) is 0.755. The van der Waals surface area contributed by atoms with Gasteiger partial charge in [0.05, 0.1) is 6.10 Å². The van der Waals surface area contributed by atoms with Gasteiger partial charge in [0.1, 0.15) is 17.8 Å². The molecule has 0 saturated carbocycles. The third-order valence-corrected chi connectivity index (χ3v) is 4.34. The number of nitrogens with zero attached hydrogens (tertiary/aromatic N) is 2. The van der Waals surface area contributed by atoms with Gasteiger partial charge in [-0.15, -0.1) is 0 Å². The molecule has 1 atom stereocenters. The van der Waals surface area contributed by atoms with E-state index in [4.69, 9.17) is 13.9 Å². The lowest BCUT2D eigenvalue weighted by atomic mass is 10.1. The fourth-order valence-electron chi connectivity index (χ4n) is 2.85. The first-order chi connectivity index (χ1) is 12.6. The zero-order chi connectivity index (χ0) is 18.4. The van der Waals surface area contributed by atoms with Crippen LogP contribution in [0.15, 0.2) is 34.9 Å². The summed E-state index contributed by atoms with van der Waals surface area (Å²) in [7, 11) is 1.74. The lowest BCUT2D eigenvalue weighted by Gasteiger charge is -2.24. The Bertz CT molecular complexity index is 728. The molecule has 0 radical (unpaired) electrons. The maximum Gasteiger partial charge on any atom is 0.275 e. The van der Waals surface area contributed by atoms with Crippen LogP contribution in [0.5, 0.6) is 5.75 Å². The van der Waals surface area contributed by atoms with Crippen molar-refractivity contribution < 1.29 is 23.1 Å². The second-order valence-corrected chi connectivity index (χ2v) is 6.38. The highest BCUT2D eigenvalue weighted by Crippen LogP contribution is 2.17. The largest absolute Gasteiger partial charge is 0.484 e. The van der Waals surface area contributed by atoms with Gasteiger partial charge in [-0.05, 0) is 37.8 Å². The van der Waals surface area contributed by atoms with Crippen LogP contribution in [-0.2, 0) is 11.3 Å². The minimum atomic E-state index is -0.380. The summed E-state index contributed by atoms with van der Waals surface area (Å²) in [5.41, 5.74) is 0.231. The van der Waals surface area contributed by atoms with Crippen LogP contribution in [0.1, 0.15) is 42.1 Å². The molecule has 7 heteroatoms. The third-order valence-electron chi connectivity index (χ3n) is 4.34. The van der Waals surface area contributed by atoms with E-state index in [0.29, 0.717) is 12.3 Å². The van der Waals surface area contributed by atoms with E-state index in [1.807, 2.05) is 0 Å². The lowest BCUT2D eigenvalue weighted by Crippen LogP contribution is -2.31. The van der Waals surface area contributed by atoms with Crippen LogP contribution >= 0.6 is 0 Å². The molecule has 3 rings (SSSR count). The van der Waals surface area contributed by atoms with Gasteiger partial charge in [-0.25, -0.2) is 9.37 Å². The molecule has 2 heterocycles. The van der Waals surface area contributed by atoms with E-state index >= 15 is 0 Å². The summed E-state index contributed by atoms with van der Waals surface area (Å²) in [4.78, 5) is 18.2. The molecular weight excluding hydrogens is 339 g/mol. The summed E-state index contributed by atoms with van der Waals surface area (Å²) in [6.07, 6.45) is 5.71. The van der Waals surface area contributed by atoms with Crippen molar-refractivity contribution in [2.24, 2.45) is 0 Å². The van der Waals surface area contributed by atoms with Crippen LogP contribution < -0.4 is 4.74 Å². The molecular formula is C19H23FN2O4. The Morgan fingerprint density at radius 1 is 1.42 bits per heavy atom. The maximum atomic E-state index is 13.1. The fourth-order valence-corrected chi connectivity index (χ4v) is 2.85. The molecule has 0 unspecified atom stereocenters. The van der Waals surface area contributed by atoms with Gasteiger partial charge < -0.3 is 18.8 Å². The number of aromatic nitrogens is 1. The van der Waals surface area contributed by atoms with Crippen molar-refractivity contribution in [1.82, 2.24) is 9.88 Å². The number of oxazole rings is 1. The van der Waals surface area contributed by atoms with E-state index in [1.165, 1.54) is 24.8 Å². The van der Waals surface area contributed by atoms with Gasteiger partial charge in [0.25, 0.3) is 5.91 Å². The number of carbonyl (C=O) groups excluding carboxylic acids is 1. The Hall–Kier alpha value is -2.41. The highest BCUT2D eigenvalue weighted by Gasteiger charge is 2.19. The molecule has 1 aliphatic rings. The van der Waals surface area contributed by atoms with Crippen LogP contribution in [0.3, 0.4) is 0 Å². The van der Waals surface area contributed by atoms with Gasteiger partial charge in [-0.1, -0.05) is 6.07 Å². The van der Waals surface area contributed by atoms with Gasteiger partial charge in [0.15, 0.2) is 12.3 Å². The van der Waals surface area contributed by atoms with Crippen LogP contribution in [0.25, 0.3) is 0 Å². The van der Waals surface area contributed by atoms with Gasteiger partial charge in [0, 0.05) is 26.3 Å². The molecule has 140 valence electrons. The van der Waals surface area contributed by atoms with E-state index in [-0.39, 0.29) is 36.0 Å². The number of halogens is 1. The molecule has 1 fully saturated rings. The van der Waals surface area contributed by atoms with E-state index < -0.39 is 0 Å². The van der Waals surface area contributed by atoms with Crippen LogP contribution in [0.2, 0.25) is 0 Å². The van der Waals surface area contributed by atoms with E-state index in [1.54, 1.807) is 24.1 Å². The maximum absolute atomic E-state index is 13.1. The van der Waals surface area contributed by atoms with Gasteiger partial charge >= 0.3 is 0 Å². The second kappa shape index (κ2) is 8.80. The van der Waals surface area contributed by atoms with Crippen molar-refractivity contribution in [3.63, 3.8) is 0 Å². The molecule has 0 aliphatic carbocycles. The second-order valence-electron chi connectivity index (χ2n) is 6.38. The summed E-state index contributed by atoms with van der Waals surface area (Å²) < 4.78 is 29.5. The summed E-state index contributed by atoms with van der Waals surface area (Å²) >= 11 is 0. The Morgan fingerprint density at radius 2 is 2.31 bits per heavy atom. The normalized spacial score (nSPS) is 17.1. The molecule has 0 N–H and O–H groups in total. The lowest BCUT2D eigenvalue weighted by molar-refractivity contribution is 0.00705. The first-order valence-electron chi connectivity index (χ1n) is 8.81. The smallest absolute Gasteiger partial charge is 0.275 e. The van der Waals surface area contributed by atoms with Crippen molar-refractivity contribution in [3.05, 3.63) is 47.9 Å². The molecule has 0 bridgehead atoms. The highest BCUT2D eigenvalue weighted by molar-refractivity contribution is 5.91. The predicted molar refractivity (Wildman–Crippen MR) is 92.4 cm³/mol. The van der Waals surface area contributed by atoms with Crippen molar-refractivity contribution in [2.45, 2.75) is 38.4 Å². The molecule has 6 nitrogen and oxygen atoms in total. The highest BCUT2D eigenvalue weighted by atomic mass is 19.1. The summed E-state index contributed by atoms with van der Waals surface area (Å²) in [5.74, 6) is 0.0539. The Morgan fingerprint density at radius 3 is 3.08 bits per heavy atom. The average molecular weight is 362 g/mol. The average Bonchev–Trinajstić information content (AvgIpc) is 3.14. The first kappa shape index (κ1) is 18.4. The molecule has 26 heavy (non-hydrogen) atoms. The third kappa shape index (κ3) is 5.05. The Kier molecular flexibility index (Phi) is 6.22. The van der Waals surface area contributed by atoms with E-state index in [9.17, 15) is 9.18 Å². The van der Waals surface area contributed by atoms with E-state index in [2.05, 4.69) is 4.98 Å². The molecule has 1 aromatic carbocycles. The van der Waals surface area contributed by atoms with Crippen molar-refractivity contribution in [2.75, 3.05) is 20.2 Å². The van der Waals surface area contributed by atoms with Crippen molar-refractivity contribution in [1.29, 1.82) is 0 Å². The number of amides is 1. The van der Waals surface area contributed by atoms with E-state index in [0.717, 1.165) is 25.9 Å².